The molecule has 1 aromatic carbocycles. The minimum atomic E-state index is -0.0645. The number of amides is 2. The second-order valence-corrected chi connectivity index (χ2v) is 7.32. The van der Waals surface area contributed by atoms with Gasteiger partial charge in [0.15, 0.2) is 5.76 Å². The molecule has 0 bridgehead atoms. The molecule has 2 aromatic rings. The number of benzene rings is 1. The van der Waals surface area contributed by atoms with Crippen LogP contribution in [0.2, 0.25) is 0 Å². The third-order valence-corrected chi connectivity index (χ3v) is 5.61. The van der Waals surface area contributed by atoms with Gasteiger partial charge < -0.3 is 19.5 Å². The number of piperazine rings is 1. The van der Waals surface area contributed by atoms with Gasteiger partial charge >= 0.3 is 0 Å². The number of nitrogens with one attached hydrogen (secondary N) is 1. The van der Waals surface area contributed by atoms with E-state index in [4.69, 9.17) is 4.42 Å². The molecule has 7 heteroatoms. The summed E-state index contributed by atoms with van der Waals surface area (Å²) in [5, 5.41) is 4.10. The van der Waals surface area contributed by atoms with Gasteiger partial charge in [-0.05, 0) is 32.3 Å². The fourth-order valence-electron chi connectivity index (χ4n) is 4.13. The van der Waals surface area contributed by atoms with Gasteiger partial charge in [-0.15, -0.1) is 12.4 Å². The highest BCUT2D eigenvalue weighted by molar-refractivity contribution is 5.99. The largest absolute Gasteiger partial charge is 0.450 e. The van der Waals surface area contributed by atoms with Crippen molar-refractivity contribution in [1.82, 2.24) is 15.1 Å². The van der Waals surface area contributed by atoms with Gasteiger partial charge in [-0.25, -0.2) is 0 Å². The quantitative estimate of drug-likeness (QED) is 0.854. The summed E-state index contributed by atoms with van der Waals surface area (Å²) in [7, 11) is 0. The van der Waals surface area contributed by atoms with Crippen LogP contribution in [-0.2, 0) is 4.79 Å². The predicted octanol–water partition coefficient (Wildman–Crippen LogP) is 2.51. The van der Waals surface area contributed by atoms with Gasteiger partial charge in [-0.3, -0.25) is 9.59 Å². The van der Waals surface area contributed by atoms with E-state index in [0.29, 0.717) is 31.9 Å². The lowest BCUT2D eigenvalue weighted by Gasteiger charge is -2.40. The van der Waals surface area contributed by atoms with Crippen LogP contribution >= 0.6 is 12.4 Å². The summed E-state index contributed by atoms with van der Waals surface area (Å²) >= 11 is 0. The maximum Gasteiger partial charge on any atom is 0.289 e. The number of halogens is 1. The van der Waals surface area contributed by atoms with Crippen molar-refractivity contribution >= 4 is 35.2 Å². The number of carbonyl (C=O) groups excluding carboxylic acids is 2. The Morgan fingerprint density at radius 1 is 1.26 bits per heavy atom. The third-order valence-electron chi connectivity index (χ3n) is 5.61. The predicted molar refractivity (Wildman–Crippen MR) is 106 cm³/mol. The summed E-state index contributed by atoms with van der Waals surface area (Å²) in [4.78, 5) is 29.1. The Hall–Kier alpha value is -2.05. The molecule has 0 spiro atoms. The van der Waals surface area contributed by atoms with Gasteiger partial charge in [-0.1, -0.05) is 18.2 Å². The van der Waals surface area contributed by atoms with Crippen molar-refractivity contribution in [2.45, 2.75) is 32.7 Å². The van der Waals surface area contributed by atoms with E-state index in [1.54, 1.807) is 0 Å². The van der Waals surface area contributed by atoms with Crippen LogP contribution < -0.4 is 5.32 Å². The number of rotatable bonds is 2. The lowest BCUT2D eigenvalue weighted by atomic mass is 10.0. The molecule has 27 heavy (non-hydrogen) atoms. The number of aryl methyl sites for hydroxylation is 2. The number of furan rings is 1. The van der Waals surface area contributed by atoms with Crippen molar-refractivity contribution in [3.8, 4) is 0 Å². The van der Waals surface area contributed by atoms with Crippen LogP contribution in [0.4, 0.5) is 0 Å². The molecule has 3 heterocycles. The minimum Gasteiger partial charge on any atom is -0.450 e. The van der Waals surface area contributed by atoms with Crippen molar-refractivity contribution in [3.63, 3.8) is 0 Å². The zero-order valence-electron chi connectivity index (χ0n) is 15.8. The van der Waals surface area contributed by atoms with Gasteiger partial charge in [-0.2, -0.15) is 0 Å². The summed E-state index contributed by atoms with van der Waals surface area (Å²) in [6, 6.07) is 6.08. The highest BCUT2D eigenvalue weighted by atomic mass is 35.5. The Bertz CT molecular complexity index is 864. The van der Waals surface area contributed by atoms with E-state index < -0.39 is 0 Å². The average Bonchev–Trinajstić information content (AvgIpc) is 3.00. The van der Waals surface area contributed by atoms with Crippen LogP contribution in [0, 0.1) is 13.8 Å². The lowest BCUT2D eigenvalue weighted by Crippen LogP contribution is -2.57. The fourth-order valence-corrected chi connectivity index (χ4v) is 4.13. The van der Waals surface area contributed by atoms with Crippen LogP contribution in [-0.4, -0.2) is 60.4 Å². The number of hydrogen-bond donors (Lipinski definition) is 1. The molecule has 2 saturated heterocycles. The Labute approximate surface area is 165 Å². The Morgan fingerprint density at radius 2 is 2.07 bits per heavy atom. The zero-order chi connectivity index (χ0) is 18.3. The Morgan fingerprint density at radius 3 is 2.81 bits per heavy atom. The van der Waals surface area contributed by atoms with E-state index >= 15 is 0 Å². The number of nitrogens with zero attached hydrogens (tertiary/aromatic N) is 2. The van der Waals surface area contributed by atoms with Gasteiger partial charge in [0.1, 0.15) is 5.58 Å². The molecule has 1 aromatic heterocycles. The van der Waals surface area contributed by atoms with E-state index in [1.165, 1.54) is 0 Å². The number of likely N-dealkylation sites (tertiary alicyclic amines) is 1. The van der Waals surface area contributed by atoms with Crippen LogP contribution in [0.1, 0.15) is 34.5 Å². The summed E-state index contributed by atoms with van der Waals surface area (Å²) in [6.07, 6.45) is 1.86. The molecule has 0 aliphatic carbocycles. The molecule has 4 rings (SSSR count). The standard InChI is InChI=1S/C20H25N3O3.ClH/c1-13-5-3-7-16-14(2)19(26-18(13)16)20(25)22-9-4-6-15(12-22)23-10-8-21-11-17(23)24;/h3,5,7,15,21H,4,6,8-12H2,1-2H3;1H. The summed E-state index contributed by atoms with van der Waals surface area (Å²) in [6.45, 7) is 7.16. The Balaban J connectivity index is 0.00000210. The lowest BCUT2D eigenvalue weighted by molar-refractivity contribution is -0.135. The fraction of sp³-hybridized carbons (Fsp3) is 0.500. The van der Waals surface area contributed by atoms with Crippen molar-refractivity contribution in [2.75, 3.05) is 32.7 Å². The molecule has 2 fully saturated rings. The second kappa shape index (κ2) is 7.90. The maximum absolute atomic E-state index is 13.1. The van der Waals surface area contributed by atoms with Crippen LogP contribution in [0.3, 0.4) is 0 Å². The number of piperidine rings is 1. The first-order chi connectivity index (χ1) is 12.6. The first-order valence-corrected chi connectivity index (χ1v) is 9.34. The van der Waals surface area contributed by atoms with Crippen LogP contribution in [0.15, 0.2) is 22.6 Å². The monoisotopic (exact) mass is 391 g/mol. The first-order valence-electron chi connectivity index (χ1n) is 9.34. The molecule has 1 N–H and O–H groups in total. The third kappa shape index (κ3) is 3.56. The number of carbonyl (C=O) groups is 2. The number of hydrogen-bond acceptors (Lipinski definition) is 4. The zero-order valence-corrected chi connectivity index (χ0v) is 16.6. The van der Waals surface area contributed by atoms with E-state index in [2.05, 4.69) is 5.32 Å². The highest BCUT2D eigenvalue weighted by Crippen LogP contribution is 2.29. The maximum atomic E-state index is 13.1. The van der Waals surface area contributed by atoms with Crippen molar-refractivity contribution in [1.29, 1.82) is 0 Å². The molecule has 2 aliphatic heterocycles. The van der Waals surface area contributed by atoms with E-state index in [0.717, 1.165) is 41.5 Å². The topological polar surface area (TPSA) is 65.8 Å². The molecule has 2 aliphatic rings. The first kappa shape index (κ1) is 19.7. The molecule has 2 amide bonds. The molecule has 0 radical (unpaired) electrons. The molecule has 146 valence electrons. The van der Waals surface area contributed by atoms with Gasteiger partial charge in [0.05, 0.1) is 6.54 Å². The highest BCUT2D eigenvalue weighted by Gasteiger charge is 2.33. The molecule has 6 nitrogen and oxygen atoms in total. The van der Waals surface area contributed by atoms with Gasteiger partial charge in [0.2, 0.25) is 5.91 Å². The van der Waals surface area contributed by atoms with Crippen LogP contribution in [0.25, 0.3) is 11.0 Å². The molecule has 0 saturated carbocycles. The van der Waals surface area contributed by atoms with Gasteiger partial charge in [0, 0.05) is 43.2 Å². The summed E-state index contributed by atoms with van der Waals surface area (Å²) in [5.41, 5.74) is 2.72. The number of para-hydroxylation sites is 1. The van der Waals surface area contributed by atoms with Gasteiger partial charge in [0.25, 0.3) is 5.91 Å². The van der Waals surface area contributed by atoms with E-state index in [1.807, 2.05) is 41.8 Å². The molecular formula is C20H26ClN3O3. The minimum absolute atomic E-state index is 0. The molecule has 1 unspecified atom stereocenters. The normalized spacial score (nSPS) is 20.7. The van der Waals surface area contributed by atoms with E-state index in [9.17, 15) is 9.59 Å². The van der Waals surface area contributed by atoms with E-state index in [-0.39, 0.29) is 30.3 Å². The van der Waals surface area contributed by atoms with Crippen molar-refractivity contribution in [3.05, 3.63) is 35.1 Å². The molecular weight excluding hydrogens is 366 g/mol. The second-order valence-electron chi connectivity index (χ2n) is 7.32. The SMILES string of the molecule is Cc1c(C(=O)N2CCCC(N3CCNCC3=O)C2)oc2c(C)cccc12.Cl. The van der Waals surface area contributed by atoms with Crippen molar-refractivity contribution in [2.24, 2.45) is 0 Å². The average molecular weight is 392 g/mol. The smallest absolute Gasteiger partial charge is 0.289 e. The Kier molecular flexibility index (Phi) is 5.77. The summed E-state index contributed by atoms with van der Waals surface area (Å²) in [5.74, 6) is 0.498. The van der Waals surface area contributed by atoms with Crippen molar-refractivity contribution < 1.29 is 14.0 Å². The summed E-state index contributed by atoms with van der Waals surface area (Å²) < 4.78 is 5.96. The van der Waals surface area contributed by atoms with Crippen LogP contribution in [0.5, 0.6) is 0 Å². The number of fused-ring (bicyclic) bond motifs is 1. The molecule has 1 atom stereocenters.